The fourth-order valence-corrected chi connectivity index (χ4v) is 4.60. The Hall–Kier alpha value is -3.55. The number of aromatic hydroxyl groups is 1. The van der Waals surface area contributed by atoms with Crippen molar-refractivity contribution in [2.75, 3.05) is 7.05 Å². The molecule has 0 aromatic heterocycles. The molecule has 200 valence electrons. The second-order valence-corrected chi connectivity index (χ2v) is 10.7. The molecule has 8 heteroatoms. The zero-order chi connectivity index (χ0) is 27.0. The Kier molecular flexibility index (Phi) is 9.55. The normalized spacial score (nSPS) is 15.8. The molecule has 2 unspecified atom stereocenters. The third-order valence-electron chi connectivity index (χ3n) is 6.42. The molecule has 0 saturated heterocycles. The van der Waals surface area contributed by atoms with Crippen LogP contribution in [0.3, 0.4) is 0 Å². The summed E-state index contributed by atoms with van der Waals surface area (Å²) in [6.07, 6.45) is 4.61. The number of alkyl carbamates (subject to hydrolysis) is 1. The lowest BCUT2D eigenvalue weighted by Gasteiger charge is -2.33. The van der Waals surface area contributed by atoms with Gasteiger partial charge >= 0.3 is 6.09 Å². The molecule has 1 aliphatic carbocycles. The summed E-state index contributed by atoms with van der Waals surface area (Å²) in [5.74, 6) is -0.562. The van der Waals surface area contributed by atoms with Gasteiger partial charge in [0.05, 0.1) is 0 Å². The smallest absolute Gasteiger partial charge is 0.408 e. The van der Waals surface area contributed by atoms with E-state index in [0.717, 1.165) is 31.2 Å². The van der Waals surface area contributed by atoms with Crippen LogP contribution < -0.4 is 10.6 Å². The minimum atomic E-state index is -0.988. The predicted molar refractivity (Wildman–Crippen MR) is 142 cm³/mol. The first kappa shape index (κ1) is 28.0. The topological polar surface area (TPSA) is 108 Å². The lowest BCUT2D eigenvalue weighted by molar-refractivity contribution is -0.141. The number of ether oxygens (including phenoxy) is 1. The average Bonchev–Trinajstić information content (AvgIpc) is 2.84. The minimum absolute atomic E-state index is 0.0867. The Bertz CT molecular complexity index is 1040. The number of nitrogens with one attached hydrogen (secondary N) is 2. The summed E-state index contributed by atoms with van der Waals surface area (Å²) in [4.78, 5) is 41.4. The highest BCUT2D eigenvalue weighted by atomic mass is 16.6. The van der Waals surface area contributed by atoms with Crippen molar-refractivity contribution in [2.24, 2.45) is 0 Å². The standard InChI is InChI=1S/C29H39N3O5/c1-29(2,3)37-28(36)31-24(19-20-15-17-23(33)18-16-20)27(35)32(4)25(21-11-7-5-8-12-21)26(34)30-22-13-9-6-10-14-22/h5,7-8,11-12,15-18,22,24-25,33H,6,9-10,13-14,19H2,1-4H3,(H,30,34)(H,31,36). The molecule has 1 fully saturated rings. The highest BCUT2D eigenvalue weighted by Gasteiger charge is 2.35. The third-order valence-corrected chi connectivity index (χ3v) is 6.42. The van der Waals surface area contributed by atoms with E-state index >= 15 is 0 Å². The molecule has 0 radical (unpaired) electrons. The number of hydrogen-bond acceptors (Lipinski definition) is 5. The summed E-state index contributed by atoms with van der Waals surface area (Å²) < 4.78 is 5.41. The van der Waals surface area contributed by atoms with E-state index in [0.29, 0.717) is 5.56 Å². The Labute approximate surface area is 219 Å². The van der Waals surface area contributed by atoms with E-state index in [2.05, 4.69) is 10.6 Å². The van der Waals surface area contributed by atoms with E-state index in [9.17, 15) is 19.5 Å². The van der Waals surface area contributed by atoms with Crippen LogP contribution in [0.15, 0.2) is 54.6 Å². The zero-order valence-electron chi connectivity index (χ0n) is 22.2. The molecule has 0 spiro atoms. The van der Waals surface area contributed by atoms with E-state index in [4.69, 9.17) is 4.74 Å². The van der Waals surface area contributed by atoms with Gasteiger partial charge in [-0.2, -0.15) is 0 Å². The highest BCUT2D eigenvalue weighted by Crippen LogP contribution is 2.24. The molecule has 1 saturated carbocycles. The highest BCUT2D eigenvalue weighted by molar-refractivity contribution is 5.92. The number of nitrogens with zero attached hydrogens (tertiary/aromatic N) is 1. The molecule has 0 bridgehead atoms. The molecule has 0 heterocycles. The van der Waals surface area contributed by atoms with Crippen molar-refractivity contribution in [3.05, 3.63) is 65.7 Å². The number of phenols is 1. The largest absolute Gasteiger partial charge is 0.508 e. The van der Waals surface area contributed by atoms with Gasteiger partial charge in [0.1, 0.15) is 23.4 Å². The molecule has 0 aliphatic heterocycles. The van der Waals surface area contributed by atoms with Crippen LogP contribution in [0.2, 0.25) is 0 Å². The van der Waals surface area contributed by atoms with Crippen LogP contribution >= 0.6 is 0 Å². The van der Waals surface area contributed by atoms with Crippen LogP contribution in [0.1, 0.15) is 70.0 Å². The Balaban J connectivity index is 1.87. The van der Waals surface area contributed by atoms with Crippen LogP contribution in [0.4, 0.5) is 4.79 Å². The minimum Gasteiger partial charge on any atom is -0.508 e. The van der Waals surface area contributed by atoms with Crippen molar-refractivity contribution >= 4 is 17.9 Å². The van der Waals surface area contributed by atoms with Crippen LogP contribution in [0, 0.1) is 0 Å². The number of phenolic OH excluding ortho intramolecular Hbond substituents is 1. The molecular weight excluding hydrogens is 470 g/mol. The van der Waals surface area contributed by atoms with Gasteiger partial charge in [0, 0.05) is 19.5 Å². The van der Waals surface area contributed by atoms with Crippen molar-refractivity contribution in [1.29, 1.82) is 0 Å². The quantitative estimate of drug-likeness (QED) is 0.486. The number of benzene rings is 2. The summed E-state index contributed by atoms with van der Waals surface area (Å²) in [6, 6.07) is 13.9. The second-order valence-electron chi connectivity index (χ2n) is 10.7. The fourth-order valence-electron chi connectivity index (χ4n) is 4.60. The molecule has 1 aliphatic rings. The summed E-state index contributed by atoms with van der Waals surface area (Å²) in [5.41, 5.74) is 0.685. The van der Waals surface area contributed by atoms with Gasteiger partial charge in [0.2, 0.25) is 11.8 Å². The molecule has 3 rings (SSSR count). The summed E-state index contributed by atoms with van der Waals surface area (Å²) in [7, 11) is 1.58. The van der Waals surface area contributed by atoms with Crippen LogP contribution in [-0.4, -0.2) is 52.6 Å². The van der Waals surface area contributed by atoms with Crippen molar-refractivity contribution in [1.82, 2.24) is 15.5 Å². The molecule has 8 nitrogen and oxygen atoms in total. The van der Waals surface area contributed by atoms with Gasteiger partial charge in [-0.15, -0.1) is 0 Å². The number of likely N-dealkylation sites (N-methyl/N-ethyl adjacent to an activating group) is 1. The number of carbonyl (C=O) groups is 3. The van der Waals surface area contributed by atoms with Gasteiger partial charge < -0.3 is 25.4 Å². The van der Waals surface area contributed by atoms with Crippen LogP contribution in [0.5, 0.6) is 5.75 Å². The van der Waals surface area contributed by atoms with E-state index in [1.807, 2.05) is 30.3 Å². The number of rotatable bonds is 8. The van der Waals surface area contributed by atoms with E-state index < -0.39 is 29.7 Å². The van der Waals surface area contributed by atoms with Crippen molar-refractivity contribution < 1.29 is 24.2 Å². The average molecular weight is 510 g/mol. The number of amides is 3. The van der Waals surface area contributed by atoms with Crippen LogP contribution in [0.25, 0.3) is 0 Å². The Morgan fingerprint density at radius 3 is 2.22 bits per heavy atom. The van der Waals surface area contributed by atoms with Crippen LogP contribution in [-0.2, 0) is 20.7 Å². The maximum absolute atomic E-state index is 13.9. The first-order chi connectivity index (χ1) is 17.5. The second kappa shape index (κ2) is 12.6. The first-order valence-corrected chi connectivity index (χ1v) is 12.9. The molecule has 3 amide bonds. The fraction of sp³-hybridized carbons (Fsp3) is 0.483. The third kappa shape index (κ3) is 8.51. The van der Waals surface area contributed by atoms with Gasteiger partial charge in [-0.1, -0.05) is 61.7 Å². The first-order valence-electron chi connectivity index (χ1n) is 12.9. The van der Waals surface area contributed by atoms with Crippen molar-refractivity contribution in [2.45, 2.75) is 83.0 Å². The lowest BCUT2D eigenvalue weighted by atomic mass is 9.94. The number of carbonyl (C=O) groups excluding carboxylic acids is 3. The maximum Gasteiger partial charge on any atom is 0.408 e. The molecule has 37 heavy (non-hydrogen) atoms. The van der Waals surface area contributed by atoms with E-state index in [-0.39, 0.29) is 24.1 Å². The summed E-state index contributed by atoms with van der Waals surface area (Å²) >= 11 is 0. The molecule has 3 N–H and O–H groups in total. The van der Waals surface area contributed by atoms with E-state index in [1.54, 1.807) is 40.0 Å². The lowest BCUT2D eigenvalue weighted by Crippen LogP contribution is -2.53. The van der Waals surface area contributed by atoms with Gasteiger partial charge in [0.15, 0.2) is 0 Å². The van der Waals surface area contributed by atoms with Crippen molar-refractivity contribution in [3.8, 4) is 5.75 Å². The Morgan fingerprint density at radius 2 is 1.62 bits per heavy atom. The zero-order valence-corrected chi connectivity index (χ0v) is 22.2. The van der Waals surface area contributed by atoms with Crippen molar-refractivity contribution in [3.63, 3.8) is 0 Å². The van der Waals surface area contributed by atoms with Gasteiger partial charge in [-0.25, -0.2) is 4.79 Å². The SMILES string of the molecule is CN(C(=O)C(Cc1ccc(O)cc1)NC(=O)OC(C)(C)C)C(C(=O)NC1CCCCC1)c1ccccc1. The van der Waals surface area contributed by atoms with Gasteiger partial charge in [0.25, 0.3) is 0 Å². The predicted octanol–water partition coefficient (Wildman–Crippen LogP) is 4.48. The van der Waals surface area contributed by atoms with Gasteiger partial charge in [-0.3, -0.25) is 9.59 Å². The molecule has 2 aromatic carbocycles. The molecule has 2 aromatic rings. The number of hydrogen-bond donors (Lipinski definition) is 3. The summed E-state index contributed by atoms with van der Waals surface area (Å²) in [6.45, 7) is 5.24. The molecular formula is C29H39N3O5. The molecule has 2 atom stereocenters. The monoisotopic (exact) mass is 509 g/mol. The summed E-state index contributed by atoms with van der Waals surface area (Å²) in [5, 5.41) is 15.5. The van der Waals surface area contributed by atoms with E-state index in [1.165, 1.54) is 23.5 Å². The maximum atomic E-state index is 13.9. The Morgan fingerprint density at radius 1 is 1.00 bits per heavy atom. The van der Waals surface area contributed by atoms with Gasteiger partial charge in [-0.05, 0) is 56.9 Å².